The van der Waals surface area contributed by atoms with Gasteiger partial charge in [-0.3, -0.25) is 18.7 Å². The van der Waals surface area contributed by atoms with Gasteiger partial charge in [0.25, 0.3) is 0 Å². The Morgan fingerprint density at radius 1 is 1.14 bits per heavy atom. The predicted molar refractivity (Wildman–Crippen MR) is 70.1 cm³/mol. The average Bonchev–Trinajstić information content (AvgIpc) is 2.43. The summed E-state index contributed by atoms with van der Waals surface area (Å²) in [5, 5.41) is 0. The van der Waals surface area contributed by atoms with Crippen LogP contribution in [0.3, 0.4) is 0 Å². The SMILES string of the molecule is C#CCn1ccn(-c2cccc(C(F)(F)F)c2)c(=O)c1=O. The molecule has 0 atom stereocenters. The van der Waals surface area contributed by atoms with Gasteiger partial charge in [0.15, 0.2) is 0 Å². The van der Waals surface area contributed by atoms with Crippen molar-refractivity contribution in [3.05, 3.63) is 62.9 Å². The third kappa shape index (κ3) is 2.89. The van der Waals surface area contributed by atoms with Gasteiger partial charge in [0.05, 0.1) is 12.1 Å². The standard InChI is InChI=1S/C14H9F3N2O2/c1-2-6-18-7-8-19(13(21)12(18)20)11-5-3-4-10(9-11)14(15,16)17/h1,3-5,7-9H,6H2. The Balaban J connectivity index is 2.59. The van der Waals surface area contributed by atoms with E-state index in [0.717, 1.165) is 27.3 Å². The van der Waals surface area contributed by atoms with E-state index in [9.17, 15) is 22.8 Å². The Bertz CT molecular complexity index is 826. The largest absolute Gasteiger partial charge is 0.416 e. The lowest BCUT2D eigenvalue weighted by molar-refractivity contribution is -0.137. The molecule has 2 aromatic rings. The molecule has 7 heteroatoms. The van der Waals surface area contributed by atoms with Crippen molar-refractivity contribution < 1.29 is 13.2 Å². The molecule has 0 fully saturated rings. The number of aromatic nitrogens is 2. The average molecular weight is 294 g/mol. The molecule has 0 aliphatic heterocycles. The molecule has 0 amide bonds. The molecule has 1 aromatic heterocycles. The number of terminal acetylenes is 1. The first kappa shape index (κ1) is 14.7. The van der Waals surface area contributed by atoms with Crippen molar-refractivity contribution in [3.8, 4) is 18.0 Å². The molecular formula is C14H9F3N2O2. The number of benzene rings is 1. The van der Waals surface area contributed by atoms with E-state index in [0.29, 0.717) is 0 Å². The van der Waals surface area contributed by atoms with E-state index in [4.69, 9.17) is 6.42 Å². The van der Waals surface area contributed by atoms with Gasteiger partial charge in [0, 0.05) is 18.1 Å². The number of nitrogens with zero attached hydrogens (tertiary/aromatic N) is 2. The number of rotatable bonds is 2. The van der Waals surface area contributed by atoms with Gasteiger partial charge in [-0.2, -0.15) is 13.2 Å². The van der Waals surface area contributed by atoms with Gasteiger partial charge < -0.3 is 0 Å². The van der Waals surface area contributed by atoms with Crippen LogP contribution in [0.15, 0.2) is 46.2 Å². The Kier molecular flexibility index (Phi) is 3.72. The molecule has 1 heterocycles. The fourth-order valence-corrected chi connectivity index (χ4v) is 1.77. The second-order valence-electron chi connectivity index (χ2n) is 4.16. The maximum absolute atomic E-state index is 12.7. The highest BCUT2D eigenvalue weighted by molar-refractivity contribution is 5.37. The molecule has 1 aromatic carbocycles. The van der Waals surface area contributed by atoms with Gasteiger partial charge in [-0.15, -0.1) is 6.42 Å². The van der Waals surface area contributed by atoms with Crippen molar-refractivity contribution in [2.24, 2.45) is 0 Å². The molecule has 0 saturated carbocycles. The number of hydrogen-bond acceptors (Lipinski definition) is 2. The number of halogens is 3. The molecular weight excluding hydrogens is 285 g/mol. The number of hydrogen-bond donors (Lipinski definition) is 0. The minimum absolute atomic E-state index is 0.0419. The Labute approximate surface area is 117 Å². The Hall–Kier alpha value is -2.75. The van der Waals surface area contributed by atoms with Crippen LogP contribution in [-0.2, 0) is 12.7 Å². The van der Waals surface area contributed by atoms with Gasteiger partial charge in [-0.05, 0) is 18.2 Å². The van der Waals surface area contributed by atoms with Crippen molar-refractivity contribution in [2.45, 2.75) is 12.7 Å². The second kappa shape index (κ2) is 5.32. The number of alkyl halides is 3. The summed E-state index contributed by atoms with van der Waals surface area (Å²) >= 11 is 0. The van der Waals surface area contributed by atoms with Crippen LogP contribution in [0.2, 0.25) is 0 Å². The highest BCUT2D eigenvalue weighted by Gasteiger charge is 2.30. The minimum atomic E-state index is -4.53. The summed E-state index contributed by atoms with van der Waals surface area (Å²) in [4.78, 5) is 23.7. The lowest BCUT2D eigenvalue weighted by Crippen LogP contribution is -2.39. The lowest BCUT2D eigenvalue weighted by atomic mass is 10.2. The van der Waals surface area contributed by atoms with E-state index in [1.165, 1.54) is 18.5 Å². The molecule has 108 valence electrons. The quantitative estimate of drug-likeness (QED) is 0.624. The van der Waals surface area contributed by atoms with E-state index in [1.807, 2.05) is 0 Å². The third-order valence-electron chi connectivity index (χ3n) is 2.77. The van der Waals surface area contributed by atoms with Gasteiger partial charge in [-0.1, -0.05) is 12.0 Å². The van der Waals surface area contributed by atoms with E-state index in [-0.39, 0.29) is 12.2 Å². The minimum Gasteiger partial charge on any atom is -0.298 e. The Morgan fingerprint density at radius 3 is 2.48 bits per heavy atom. The van der Waals surface area contributed by atoms with Crippen LogP contribution in [0.1, 0.15) is 5.56 Å². The fraction of sp³-hybridized carbons (Fsp3) is 0.143. The van der Waals surface area contributed by atoms with E-state index >= 15 is 0 Å². The highest BCUT2D eigenvalue weighted by atomic mass is 19.4. The van der Waals surface area contributed by atoms with Crippen LogP contribution in [0.25, 0.3) is 5.69 Å². The summed E-state index contributed by atoms with van der Waals surface area (Å²) in [5.41, 5.74) is -2.81. The van der Waals surface area contributed by atoms with Crippen LogP contribution >= 0.6 is 0 Å². The Morgan fingerprint density at radius 2 is 1.86 bits per heavy atom. The van der Waals surface area contributed by atoms with Crippen molar-refractivity contribution >= 4 is 0 Å². The third-order valence-corrected chi connectivity index (χ3v) is 2.77. The summed E-state index contributed by atoms with van der Waals surface area (Å²) in [6.07, 6.45) is 2.98. The van der Waals surface area contributed by atoms with Gasteiger partial charge in [0.1, 0.15) is 0 Å². The normalized spacial score (nSPS) is 11.1. The van der Waals surface area contributed by atoms with Gasteiger partial charge in [0.2, 0.25) is 0 Å². The van der Waals surface area contributed by atoms with Crippen molar-refractivity contribution in [3.63, 3.8) is 0 Å². The first-order valence-electron chi connectivity index (χ1n) is 5.78. The summed E-state index contributed by atoms with van der Waals surface area (Å²) in [6, 6.07) is 4.15. The summed E-state index contributed by atoms with van der Waals surface area (Å²) in [7, 11) is 0. The summed E-state index contributed by atoms with van der Waals surface area (Å²) in [6.45, 7) is -0.0858. The van der Waals surface area contributed by atoms with Gasteiger partial charge >= 0.3 is 17.3 Å². The monoisotopic (exact) mass is 294 g/mol. The molecule has 0 radical (unpaired) electrons. The molecule has 0 aliphatic carbocycles. The molecule has 0 N–H and O–H groups in total. The van der Waals surface area contributed by atoms with Crippen LogP contribution in [-0.4, -0.2) is 9.13 Å². The summed E-state index contributed by atoms with van der Waals surface area (Å²) in [5.74, 6) is 2.21. The molecule has 2 rings (SSSR count). The fourth-order valence-electron chi connectivity index (χ4n) is 1.77. The lowest BCUT2D eigenvalue weighted by Gasteiger charge is -2.10. The van der Waals surface area contributed by atoms with Crippen molar-refractivity contribution in [2.75, 3.05) is 0 Å². The van der Waals surface area contributed by atoms with Crippen molar-refractivity contribution in [1.82, 2.24) is 9.13 Å². The maximum atomic E-state index is 12.7. The first-order chi connectivity index (χ1) is 9.84. The first-order valence-corrected chi connectivity index (χ1v) is 5.78. The summed E-state index contributed by atoms with van der Waals surface area (Å²) < 4.78 is 39.8. The van der Waals surface area contributed by atoms with Crippen LogP contribution in [0.5, 0.6) is 0 Å². The van der Waals surface area contributed by atoms with E-state index < -0.39 is 22.9 Å². The van der Waals surface area contributed by atoms with E-state index in [1.54, 1.807) is 0 Å². The second-order valence-corrected chi connectivity index (χ2v) is 4.16. The maximum Gasteiger partial charge on any atom is 0.416 e. The molecule has 4 nitrogen and oxygen atoms in total. The predicted octanol–water partition coefficient (Wildman–Crippen LogP) is 1.65. The zero-order chi connectivity index (χ0) is 15.6. The van der Waals surface area contributed by atoms with Crippen LogP contribution in [0, 0.1) is 12.3 Å². The van der Waals surface area contributed by atoms with E-state index in [2.05, 4.69) is 5.92 Å². The zero-order valence-corrected chi connectivity index (χ0v) is 10.6. The van der Waals surface area contributed by atoms with Crippen LogP contribution in [0.4, 0.5) is 13.2 Å². The molecule has 0 aliphatic rings. The zero-order valence-electron chi connectivity index (χ0n) is 10.6. The van der Waals surface area contributed by atoms with Gasteiger partial charge in [-0.25, -0.2) is 0 Å². The van der Waals surface area contributed by atoms with Crippen LogP contribution < -0.4 is 11.1 Å². The smallest absolute Gasteiger partial charge is 0.298 e. The molecule has 0 spiro atoms. The molecule has 0 unspecified atom stereocenters. The highest BCUT2D eigenvalue weighted by Crippen LogP contribution is 2.29. The molecule has 21 heavy (non-hydrogen) atoms. The molecule has 0 bridgehead atoms. The molecule has 0 saturated heterocycles. The van der Waals surface area contributed by atoms with Crippen molar-refractivity contribution in [1.29, 1.82) is 0 Å². The topological polar surface area (TPSA) is 44.0 Å².